The lowest BCUT2D eigenvalue weighted by molar-refractivity contribution is -0.183. The van der Waals surface area contributed by atoms with Crippen molar-refractivity contribution in [2.45, 2.75) is 18.6 Å². The predicted octanol–water partition coefficient (Wildman–Crippen LogP) is 1.02. The highest BCUT2D eigenvalue weighted by atomic mass is 16.7. The molecule has 2 unspecified atom stereocenters. The molecule has 0 aromatic carbocycles. The van der Waals surface area contributed by atoms with Crippen molar-refractivity contribution >= 4 is 0 Å². The molecule has 2 atom stereocenters. The maximum atomic E-state index is 5.79. The van der Waals surface area contributed by atoms with Crippen molar-refractivity contribution in [2.75, 3.05) is 13.2 Å². The first-order valence-corrected chi connectivity index (χ1v) is 4.70. The quantitative estimate of drug-likeness (QED) is 0.516. The van der Waals surface area contributed by atoms with Crippen LogP contribution in [0.3, 0.4) is 0 Å². The smallest absolute Gasteiger partial charge is 0.174 e. The summed E-state index contributed by atoms with van der Waals surface area (Å²) < 4.78 is 11.6. The molecule has 1 spiro atoms. The average Bonchev–Trinajstić information content (AvgIpc) is 2.58. The standard InChI is InChI=1S/C9H12O2/c1-2-11-9(10-1)5-3-6-7(4-5)8(6)9/h5-8H,1-4H2. The van der Waals surface area contributed by atoms with Gasteiger partial charge in [0.15, 0.2) is 5.79 Å². The molecular weight excluding hydrogens is 140 g/mol. The zero-order chi connectivity index (χ0) is 7.05. The molecule has 0 amide bonds. The Kier molecular flexibility index (Phi) is 0.695. The minimum atomic E-state index is -0.0463. The van der Waals surface area contributed by atoms with Crippen molar-refractivity contribution in [3.05, 3.63) is 0 Å². The predicted molar refractivity (Wildman–Crippen MR) is 37.8 cm³/mol. The zero-order valence-corrected chi connectivity index (χ0v) is 6.45. The van der Waals surface area contributed by atoms with Gasteiger partial charge >= 0.3 is 0 Å². The van der Waals surface area contributed by atoms with Crippen molar-refractivity contribution in [1.29, 1.82) is 0 Å². The Morgan fingerprint density at radius 1 is 1.00 bits per heavy atom. The third-order valence-corrected chi connectivity index (χ3v) is 4.22. The Morgan fingerprint density at radius 2 is 1.64 bits per heavy atom. The number of hydrogen-bond acceptors (Lipinski definition) is 2. The second kappa shape index (κ2) is 1.38. The first-order valence-electron chi connectivity index (χ1n) is 4.70. The van der Waals surface area contributed by atoms with Crippen LogP contribution < -0.4 is 0 Å². The van der Waals surface area contributed by atoms with E-state index in [2.05, 4.69) is 0 Å². The maximum absolute atomic E-state index is 5.79. The van der Waals surface area contributed by atoms with E-state index in [-0.39, 0.29) is 5.79 Å². The van der Waals surface area contributed by atoms with Crippen LogP contribution in [0.25, 0.3) is 0 Å². The van der Waals surface area contributed by atoms with Gasteiger partial charge in [-0.25, -0.2) is 0 Å². The van der Waals surface area contributed by atoms with Gasteiger partial charge in [0.1, 0.15) is 0 Å². The zero-order valence-electron chi connectivity index (χ0n) is 6.45. The molecule has 5 fully saturated rings. The SMILES string of the molecule is C1COC2(O1)C1CC3C(C1)C32. The highest BCUT2D eigenvalue weighted by Crippen LogP contribution is 2.76. The first-order chi connectivity index (χ1) is 5.42. The fourth-order valence-corrected chi connectivity index (χ4v) is 3.91. The molecule has 4 aliphatic carbocycles. The average molecular weight is 152 g/mol. The summed E-state index contributed by atoms with van der Waals surface area (Å²) in [6, 6.07) is 0. The Bertz CT molecular complexity index is 204. The molecule has 5 rings (SSSR count). The lowest BCUT2D eigenvalue weighted by atomic mass is 10.1. The summed E-state index contributed by atoms with van der Waals surface area (Å²) in [5.41, 5.74) is 0. The van der Waals surface area contributed by atoms with E-state index in [0.29, 0.717) is 0 Å². The van der Waals surface area contributed by atoms with Gasteiger partial charge in [0.25, 0.3) is 0 Å². The Balaban J connectivity index is 1.84. The van der Waals surface area contributed by atoms with E-state index < -0.39 is 0 Å². The first kappa shape index (κ1) is 5.55. The highest BCUT2D eigenvalue weighted by Gasteiger charge is 2.78. The summed E-state index contributed by atoms with van der Waals surface area (Å²) in [5, 5.41) is 0. The Hall–Kier alpha value is -0.0800. The monoisotopic (exact) mass is 152 g/mol. The molecule has 1 aliphatic heterocycles. The van der Waals surface area contributed by atoms with Crippen molar-refractivity contribution in [2.24, 2.45) is 23.7 Å². The largest absolute Gasteiger partial charge is 0.347 e. The normalized spacial score (nSPS) is 61.1. The second-order valence-corrected chi connectivity index (χ2v) is 4.44. The molecule has 2 heteroatoms. The molecule has 5 aliphatic rings. The number of ether oxygens (including phenoxy) is 2. The van der Waals surface area contributed by atoms with E-state index in [9.17, 15) is 0 Å². The van der Waals surface area contributed by atoms with Crippen molar-refractivity contribution in [1.82, 2.24) is 0 Å². The molecule has 4 saturated carbocycles. The molecule has 0 radical (unpaired) electrons. The summed E-state index contributed by atoms with van der Waals surface area (Å²) in [6.45, 7) is 1.68. The van der Waals surface area contributed by atoms with Gasteiger partial charge in [0, 0.05) is 11.8 Å². The van der Waals surface area contributed by atoms with Crippen LogP contribution in [-0.4, -0.2) is 19.0 Å². The Labute approximate surface area is 65.9 Å². The molecule has 0 aromatic rings. The second-order valence-electron chi connectivity index (χ2n) is 4.44. The van der Waals surface area contributed by atoms with Crippen LogP contribution in [0.15, 0.2) is 0 Å². The molecule has 1 saturated heterocycles. The van der Waals surface area contributed by atoms with Crippen molar-refractivity contribution in [3.8, 4) is 0 Å². The Morgan fingerprint density at radius 3 is 2.09 bits per heavy atom. The van der Waals surface area contributed by atoms with Gasteiger partial charge in [-0.2, -0.15) is 0 Å². The van der Waals surface area contributed by atoms with Crippen LogP contribution in [0, 0.1) is 23.7 Å². The summed E-state index contributed by atoms with van der Waals surface area (Å²) in [5.74, 6) is 3.53. The maximum Gasteiger partial charge on any atom is 0.174 e. The minimum Gasteiger partial charge on any atom is -0.347 e. The minimum absolute atomic E-state index is 0.0463. The van der Waals surface area contributed by atoms with E-state index in [4.69, 9.17) is 9.47 Å². The molecule has 4 bridgehead atoms. The molecule has 60 valence electrons. The van der Waals surface area contributed by atoms with Gasteiger partial charge in [0.2, 0.25) is 0 Å². The van der Waals surface area contributed by atoms with E-state index >= 15 is 0 Å². The lowest BCUT2D eigenvalue weighted by Gasteiger charge is -2.25. The molecule has 0 aromatic heterocycles. The van der Waals surface area contributed by atoms with Crippen LogP contribution >= 0.6 is 0 Å². The van der Waals surface area contributed by atoms with E-state index in [1.54, 1.807) is 0 Å². The highest BCUT2D eigenvalue weighted by molar-refractivity contribution is 5.22. The van der Waals surface area contributed by atoms with E-state index in [1.165, 1.54) is 12.8 Å². The van der Waals surface area contributed by atoms with Gasteiger partial charge in [0.05, 0.1) is 13.2 Å². The fraction of sp³-hybridized carbons (Fsp3) is 1.00. The van der Waals surface area contributed by atoms with Gasteiger partial charge < -0.3 is 9.47 Å². The molecule has 0 N–H and O–H groups in total. The van der Waals surface area contributed by atoms with Gasteiger partial charge in [-0.1, -0.05) is 0 Å². The fourth-order valence-electron chi connectivity index (χ4n) is 3.91. The van der Waals surface area contributed by atoms with E-state index in [1.807, 2.05) is 0 Å². The van der Waals surface area contributed by atoms with Crippen LogP contribution in [0.5, 0.6) is 0 Å². The molecule has 2 nitrogen and oxygen atoms in total. The van der Waals surface area contributed by atoms with Gasteiger partial charge in [-0.05, 0) is 24.7 Å². The molecule has 1 heterocycles. The van der Waals surface area contributed by atoms with Crippen molar-refractivity contribution in [3.63, 3.8) is 0 Å². The summed E-state index contributed by atoms with van der Waals surface area (Å²) in [6.07, 6.45) is 2.80. The number of rotatable bonds is 0. The van der Waals surface area contributed by atoms with Gasteiger partial charge in [-0.15, -0.1) is 0 Å². The lowest BCUT2D eigenvalue weighted by Crippen LogP contribution is -2.34. The van der Waals surface area contributed by atoms with Crippen LogP contribution in [-0.2, 0) is 9.47 Å². The summed E-state index contributed by atoms with van der Waals surface area (Å²) in [7, 11) is 0. The van der Waals surface area contributed by atoms with Crippen LogP contribution in [0.1, 0.15) is 12.8 Å². The van der Waals surface area contributed by atoms with Gasteiger partial charge in [-0.3, -0.25) is 0 Å². The van der Waals surface area contributed by atoms with Crippen molar-refractivity contribution < 1.29 is 9.47 Å². The van der Waals surface area contributed by atoms with Crippen LogP contribution in [0.4, 0.5) is 0 Å². The summed E-state index contributed by atoms with van der Waals surface area (Å²) >= 11 is 0. The third-order valence-electron chi connectivity index (χ3n) is 4.22. The number of hydrogen-bond donors (Lipinski definition) is 0. The molecule has 11 heavy (non-hydrogen) atoms. The molecular formula is C9H12O2. The topological polar surface area (TPSA) is 18.5 Å². The third kappa shape index (κ3) is 0.411. The van der Waals surface area contributed by atoms with Crippen LogP contribution in [0.2, 0.25) is 0 Å². The van der Waals surface area contributed by atoms with E-state index in [0.717, 1.165) is 36.9 Å². The summed E-state index contributed by atoms with van der Waals surface area (Å²) in [4.78, 5) is 0.